The lowest BCUT2D eigenvalue weighted by Gasteiger charge is -2.42. The van der Waals surface area contributed by atoms with Crippen LogP contribution >= 0.6 is 11.3 Å². The second-order valence-corrected chi connectivity index (χ2v) is 8.47. The maximum absolute atomic E-state index is 11.3. The van der Waals surface area contributed by atoms with Gasteiger partial charge in [0.15, 0.2) is 0 Å². The fourth-order valence-electron chi connectivity index (χ4n) is 4.38. The Kier molecular flexibility index (Phi) is 6.11. The van der Waals surface area contributed by atoms with Crippen LogP contribution in [0.4, 0.5) is 4.79 Å². The molecule has 0 radical (unpaired) electrons. The Morgan fingerprint density at radius 1 is 1.10 bits per heavy atom. The number of likely N-dealkylation sites (tertiary alicyclic amines) is 1. The first kappa shape index (κ1) is 20.5. The highest BCUT2D eigenvalue weighted by Crippen LogP contribution is 2.44. The third-order valence-corrected chi connectivity index (χ3v) is 6.52. The molecule has 156 valence electrons. The van der Waals surface area contributed by atoms with Crippen molar-refractivity contribution in [2.75, 3.05) is 0 Å². The van der Waals surface area contributed by atoms with Crippen LogP contribution < -0.4 is 10.5 Å². The molecule has 2 N–H and O–H groups in total. The van der Waals surface area contributed by atoms with Crippen LogP contribution in [0.15, 0.2) is 47.4 Å². The summed E-state index contributed by atoms with van der Waals surface area (Å²) in [6, 6.07) is 8.50. The van der Waals surface area contributed by atoms with E-state index in [1.165, 1.54) is 22.5 Å². The summed E-state index contributed by atoms with van der Waals surface area (Å²) in [4.78, 5) is 23.3. The van der Waals surface area contributed by atoms with Crippen LogP contribution in [0, 0.1) is 13.8 Å². The van der Waals surface area contributed by atoms with Crippen molar-refractivity contribution in [2.45, 2.75) is 51.7 Å². The van der Waals surface area contributed by atoms with E-state index in [2.05, 4.69) is 30.9 Å². The van der Waals surface area contributed by atoms with Gasteiger partial charge in [-0.2, -0.15) is 0 Å². The molecule has 3 aromatic heterocycles. The first-order chi connectivity index (χ1) is 14.5. The molecule has 0 unspecified atom stereocenters. The molecular formula is C23H26N4O2S. The molecular weight excluding hydrogens is 396 g/mol. The van der Waals surface area contributed by atoms with Gasteiger partial charge in [0.25, 0.3) is 0 Å². The van der Waals surface area contributed by atoms with Gasteiger partial charge in [-0.25, -0.2) is 4.79 Å². The largest absolute Gasteiger partial charge is 0.410 e. The zero-order chi connectivity index (χ0) is 21.1. The summed E-state index contributed by atoms with van der Waals surface area (Å²) in [6.07, 6.45) is 6.09. The van der Waals surface area contributed by atoms with Crippen LogP contribution in [-0.4, -0.2) is 21.0 Å². The third-order valence-electron chi connectivity index (χ3n) is 5.75. The molecule has 1 saturated heterocycles. The smallest absolute Gasteiger partial charge is 0.409 e. The SMILES string of the molecule is Cc1cccnc1[C@H]1CCC[C@@H](c2ncccc2C)N1Cc1cscc1OC(N)=O. The van der Waals surface area contributed by atoms with Gasteiger partial charge in [-0.3, -0.25) is 14.9 Å². The molecule has 0 aromatic carbocycles. The normalized spacial score (nSPS) is 19.5. The Morgan fingerprint density at radius 2 is 1.70 bits per heavy atom. The summed E-state index contributed by atoms with van der Waals surface area (Å²) in [6.45, 7) is 4.86. The minimum Gasteiger partial charge on any atom is -0.409 e. The van der Waals surface area contributed by atoms with E-state index in [4.69, 9.17) is 20.4 Å². The molecule has 1 amide bonds. The number of thiophene rings is 1. The number of aromatic nitrogens is 2. The summed E-state index contributed by atoms with van der Waals surface area (Å²) in [7, 11) is 0. The molecule has 4 heterocycles. The van der Waals surface area contributed by atoms with E-state index in [9.17, 15) is 4.79 Å². The van der Waals surface area contributed by atoms with Gasteiger partial charge in [0.1, 0.15) is 5.75 Å². The van der Waals surface area contributed by atoms with E-state index in [0.717, 1.165) is 36.2 Å². The van der Waals surface area contributed by atoms with Gasteiger partial charge in [0, 0.05) is 29.9 Å². The number of piperidine rings is 1. The van der Waals surface area contributed by atoms with E-state index in [0.29, 0.717) is 12.3 Å². The summed E-state index contributed by atoms with van der Waals surface area (Å²) in [5, 5.41) is 3.85. The van der Waals surface area contributed by atoms with E-state index < -0.39 is 6.09 Å². The van der Waals surface area contributed by atoms with Crippen LogP contribution in [-0.2, 0) is 6.54 Å². The fourth-order valence-corrected chi connectivity index (χ4v) is 5.12. The second-order valence-electron chi connectivity index (χ2n) is 7.73. The van der Waals surface area contributed by atoms with E-state index in [1.807, 2.05) is 35.3 Å². The maximum Gasteiger partial charge on any atom is 0.410 e. The quantitative estimate of drug-likeness (QED) is 0.620. The number of aryl methyl sites for hydroxylation is 2. The lowest BCUT2D eigenvalue weighted by molar-refractivity contribution is 0.0673. The van der Waals surface area contributed by atoms with Crippen molar-refractivity contribution < 1.29 is 9.53 Å². The molecule has 0 saturated carbocycles. The molecule has 3 aromatic rings. The number of ether oxygens (including phenoxy) is 1. The van der Waals surface area contributed by atoms with Gasteiger partial charge in [-0.1, -0.05) is 12.1 Å². The Labute approximate surface area is 180 Å². The van der Waals surface area contributed by atoms with E-state index in [-0.39, 0.29) is 12.1 Å². The van der Waals surface area contributed by atoms with Gasteiger partial charge >= 0.3 is 6.09 Å². The first-order valence-electron chi connectivity index (χ1n) is 10.2. The van der Waals surface area contributed by atoms with Crippen molar-refractivity contribution in [2.24, 2.45) is 5.73 Å². The molecule has 6 nitrogen and oxygen atoms in total. The third kappa shape index (κ3) is 4.22. The summed E-state index contributed by atoms with van der Waals surface area (Å²) in [5.41, 5.74) is 10.8. The van der Waals surface area contributed by atoms with Crippen molar-refractivity contribution in [1.82, 2.24) is 14.9 Å². The number of hydrogen-bond acceptors (Lipinski definition) is 6. The topological polar surface area (TPSA) is 81.3 Å². The lowest BCUT2D eigenvalue weighted by Crippen LogP contribution is -2.37. The predicted octanol–water partition coefficient (Wildman–Crippen LogP) is 5.08. The zero-order valence-corrected chi connectivity index (χ0v) is 18.1. The van der Waals surface area contributed by atoms with Gasteiger partial charge in [0.2, 0.25) is 0 Å². The van der Waals surface area contributed by atoms with Crippen LogP contribution in [0.5, 0.6) is 5.75 Å². The average molecular weight is 423 g/mol. The van der Waals surface area contributed by atoms with Crippen molar-refractivity contribution in [3.05, 3.63) is 75.5 Å². The highest BCUT2D eigenvalue weighted by atomic mass is 32.1. The second kappa shape index (κ2) is 8.93. The molecule has 7 heteroatoms. The number of primary amides is 1. The molecule has 1 aliphatic heterocycles. The van der Waals surface area contributed by atoms with Gasteiger partial charge in [0.05, 0.1) is 23.5 Å². The van der Waals surface area contributed by atoms with Crippen molar-refractivity contribution in [1.29, 1.82) is 0 Å². The Balaban J connectivity index is 1.75. The molecule has 30 heavy (non-hydrogen) atoms. The Bertz CT molecular complexity index is 982. The number of nitrogens with two attached hydrogens (primary N) is 1. The fraction of sp³-hybridized carbons (Fsp3) is 0.348. The van der Waals surface area contributed by atoms with Gasteiger partial charge < -0.3 is 10.5 Å². The van der Waals surface area contributed by atoms with Crippen LogP contribution in [0.2, 0.25) is 0 Å². The van der Waals surface area contributed by atoms with Crippen molar-refractivity contribution in [3.8, 4) is 5.75 Å². The van der Waals surface area contributed by atoms with E-state index >= 15 is 0 Å². The highest BCUT2D eigenvalue weighted by molar-refractivity contribution is 7.08. The Morgan fingerprint density at radius 3 is 2.23 bits per heavy atom. The highest BCUT2D eigenvalue weighted by Gasteiger charge is 2.36. The zero-order valence-electron chi connectivity index (χ0n) is 17.2. The van der Waals surface area contributed by atoms with Gasteiger partial charge in [-0.05, 0) is 61.7 Å². The molecule has 1 aliphatic rings. The number of rotatable bonds is 5. The number of carbonyl (C=O) groups is 1. The Hall–Kier alpha value is -2.77. The average Bonchev–Trinajstić information content (AvgIpc) is 3.15. The van der Waals surface area contributed by atoms with Gasteiger partial charge in [-0.15, -0.1) is 11.3 Å². The number of amides is 1. The molecule has 0 bridgehead atoms. The molecule has 4 rings (SSSR count). The van der Waals surface area contributed by atoms with Crippen LogP contribution in [0.3, 0.4) is 0 Å². The molecule has 1 fully saturated rings. The maximum atomic E-state index is 11.3. The molecule has 0 spiro atoms. The number of nitrogens with zero attached hydrogens (tertiary/aromatic N) is 3. The first-order valence-corrected chi connectivity index (χ1v) is 11.1. The molecule has 2 atom stereocenters. The monoisotopic (exact) mass is 422 g/mol. The lowest BCUT2D eigenvalue weighted by atomic mass is 9.88. The predicted molar refractivity (Wildman–Crippen MR) is 117 cm³/mol. The molecule has 0 aliphatic carbocycles. The summed E-state index contributed by atoms with van der Waals surface area (Å²) >= 11 is 1.51. The van der Waals surface area contributed by atoms with E-state index in [1.54, 1.807) is 0 Å². The number of hydrogen-bond donors (Lipinski definition) is 1. The van der Waals surface area contributed by atoms with Crippen molar-refractivity contribution in [3.63, 3.8) is 0 Å². The minimum absolute atomic E-state index is 0.160. The summed E-state index contributed by atoms with van der Waals surface area (Å²) < 4.78 is 5.25. The van der Waals surface area contributed by atoms with Crippen molar-refractivity contribution >= 4 is 17.4 Å². The van der Waals surface area contributed by atoms with Crippen LogP contribution in [0.1, 0.15) is 59.4 Å². The standard InChI is InChI=1S/C23H26N4O2S/c1-15-6-4-10-25-21(15)18-8-3-9-19(22-16(2)7-5-11-26-22)27(18)12-17-13-30-14-20(17)29-23(24)28/h4-7,10-11,13-14,18-19H,3,8-9,12H2,1-2H3,(H2,24,28)/t18-,19+. The van der Waals surface area contributed by atoms with Crippen LogP contribution in [0.25, 0.3) is 0 Å². The number of carbonyl (C=O) groups excluding carboxylic acids is 1. The number of pyridine rings is 2. The summed E-state index contributed by atoms with van der Waals surface area (Å²) in [5.74, 6) is 0.533. The minimum atomic E-state index is -0.789.